The van der Waals surface area contributed by atoms with Gasteiger partial charge in [0.15, 0.2) is 0 Å². The van der Waals surface area contributed by atoms with Crippen LogP contribution in [0.15, 0.2) is 24.3 Å². The summed E-state index contributed by atoms with van der Waals surface area (Å²) in [6, 6.07) is 9.42. The van der Waals surface area contributed by atoms with Gasteiger partial charge in [0.2, 0.25) is 5.91 Å². The van der Waals surface area contributed by atoms with Gasteiger partial charge in [0.1, 0.15) is 11.3 Å². The van der Waals surface area contributed by atoms with Crippen LogP contribution in [-0.2, 0) is 11.2 Å². The number of hydrogen-bond acceptors (Lipinski definition) is 3. The number of methoxy groups -OCH3 is 1. The van der Waals surface area contributed by atoms with Crippen LogP contribution in [0.1, 0.15) is 25.8 Å². The molecule has 18 heavy (non-hydrogen) atoms. The molecule has 1 aromatic carbocycles. The molecule has 1 atom stereocenters. The summed E-state index contributed by atoms with van der Waals surface area (Å²) in [4.78, 5) is 11.8. The zero-order valence-corrected chi connectivity index (χ0v) is 11.0. The second-order valence-electron chi connectivity index (χ2n) is 4.37. The van der Waals surface area contributed by atoms with Crippen LogP contribution in [0.2, 0.25) is 0 Å². The summed E-state index contributed by atoms with van der Waals surface area (Å²) in [5.41, 5.74) is 0.105. The maximum absolute atomic E-state index is 11.8. The zero-order chi connectivity index (χ0) is 13.6. The van der Waals surface area contributed by atoms with Gasteiger partial charge in [-0.05, 0) is 31.0 Å². The van der Waals surface area contributed by atoms with Crippen molar-refractivity contribution < 1.29 is 9.53 Å². The third-order valence-electron chi connectivity index (χ3n) is 2.89. The molecule has 4 nitrogen and oxygen atoms in total. The van der Waals surface area contributed by atoms with E-state index < -0.39 is 5.54 Å². The van der Waals surface area contributed by atoms with Crippen LogP contribution in [0, 0.1) is 11.3 Å². The van der Waals surface area contributed by atoms with E-state index in [9.17, 15) is 4.79 Å². The Kier molecular flexibility index (Phi) is 4.73. The van der Waals surface area contributed by atoms with Crippen LogP contribution in [0.3, 0.4) is 0 Å². The molecule has 1 amide bonds. The van der Waals surface area contributed by atoms with E-state index in [-0.39, 0.29) is 12.3 Å². The highest BCUT2D eigenvalue weighted by Gasteiger charge is 2.23. The molecule has 0 spiro atoms. The van der Waals surface area contributed by atoms with Crippen molar-refractivity contribution in [2.75, 3.05) is 7.11 Å². The third kappa shape index (κ3) is 3.77. The molecule has 0 aliphatic heterocycles. The number of nitriles is 1. The van der Waals surface area contributed by atoms with Crippen molar-refractivity contribution >= 4 is 5.91 Å². The molecule has 1 rings (SSSR count). The van der Waals surface area contributed by atoms with Crippen LogP contribution < -0.4 is 10.1 Å². The monoisotopic (exact) mass is 246 g/mol. The summed E-state index contributed by atoms with van der Waals surface area (Å²) in [5, 5.41) is 11.7. The minimum absolute atomic E-state index is 0.147. The van der Waals surface area contributed by atoms with Gasteiger partial charge in [-0.3, -0.25) is 4.79 Å². The fourth-order valence-electron chi connectivity index (χ4n) is 1.48. The lowest BCUT2D eigenvalue weighted by Crippen LogP contribution is -2.44. The first-order chi connectivity index (χ1) is 8.53. The molecule has 0 aliphatic carbocycles. The molecular weight excluding hydrogens is 228 g/mol. The summed E-state index contributed by atoms with van der Waals surface area (Å²) in [5.74, 6) is 0.612. The molecule has 0 saturated heterocycles. The minimum atomic E-state index is -0.788. The van der Waals surface area contributed by atoms with Gasteiger partial charge in [-0.25, -0.2) is 0 Å². The van der Waals surface area contributed by atoms with Gasteiger partial charge in [0, 0.05) is 0 Å². The Morgan fingerprint density at radius 1 is 1.44 bits per heavy atom. The molecular formula is C14H18N2O2. The Labute approximate surface area is 108 Å². The number of carbonyl (C=O) groups is 1. The molecule has 0 aliphatic rings. The van der Waals surface area contributed by atoms with E-state index in [0.29, 0.717) is 6.42 Å². The fraction of sp³-hybridized carbons (Fsp3) is 0.429. The summed E-state index contributed by atoms with van der Waals surface area (Å²) in [6.45, 7) is 3.59. The van der Waals surface area contributed by atoms with Crippen molar-refractivity contribution in [1.29, 1.82) is 5.26 Å². The largest absolute Gasteiger partial charge is 0.497 e. The van der Waals surface area contributed by atoms with Gasteiger partial charge in [-0.15, -0.1) is 0 Å². The maximum Gasteiger partial charge on any atom is 0.225 e. The second kappa shape index (κ2) is 6.06. The van der Waals surface area contributed by atoms with Crippen LogP contribution in [-0.4, -0.2) is 18.6 Å². The number of nitrogens with zero attached hydrogens (tertiary/aromatic N) is 1. The number of amides is 1. The van der Waals surface area contributed by atoms with Gasteiger partial charge in [0.05, 0.1) is 19.6 Å². The number of rotatable bonds is 5. The van der Waals surface area contributed by atoms with Crippen molar-refractivity contribution in [3.8, 4) is 11.8 Å². The highest BCUT2D eigenvalue weighted by Crippen LogP contribution is 2.12. The molecule has 0 bridgehead atoms. The second-order valence-corrected chi connectivity index (χ2v) is 4.37. The first-order valence-corrected chi connectivity index (χ1v) is 5.88. The fourth-order valence-corrected chi connectivity index (χ4v) is 1.48. The highest BCUT2D eigenvalue weighted by atomic mass is 16.5. The number of nitrogens with one attached hydrogen (secondary N) is 1. The van der Waals surface area contributed by atoms with Crippen LogP contribution in [0.25, 0.3) is 0 Å². The lowest BCUT2D eigenvalue weighted by Gasteiger charge is -2.21. The predicted molar refractivity (Wildman–Crippen MR) is 69.1 cm³/mol. The highest BCUT2D eigenvalue weighted by molar-refractivity contribution is 5.79. The number of ether oxygens (including phenoxy) is 1. The van der Waals surface area contributed by atoms with Gasteiger partial charge in [-0.2, -0.15) is 5.26 Å². The quantitative estimate of drug-likeness (QED) is 0.864. The van der Waals surface area contributed by atoms with E-state index in [1.165, 1.54) is 0 Å². The molecule has 1 N–H and O–H groups in total. The van der Waals surface area contributed by atoms with Crippen LogP contribution in [0.4, 0.5) is 0 Å². The first kappa shape index (κ1) is 14.0. The van der Waals surface area contributed by atoms with Crippen molar-refractivity contribution in [2.24, 2.45) is 0 Å². The van der Waals surface area contributed by atoms with Crippen LogP contribution in [0.5, 0.6) is 5.75 Å². The van der Waals surface area contributed by atoms with E-state index >= 15 is 0 Å². The van der Waals surface area contributed by atoms with Gasteiger partial charge in [-0.1, -0.05) is 19.1 Å². The Morgan fingerprint density at radius 3 is 2.50 bits per heavy atom. The Morgan fingerprint density at radius 2 is 2.06 bits per heavy atom. The van der Waals surface area contributed by atoms with E-state index in [0.717, 1.165) is 11.3 Å². The topological polar surface area (TPSA) is 62.1 Å². The molecule has 0 aromatic heterocycles. The number of carbonyl (C=O) groups excluding carboxylic acids is 1. The van der Waals surface area contributed by atoms with Crippen molar-refractivity contribution in [3.63, 3.8) is 0 Å². The summed E-state index contributed by atoms with van der Waals surface area (Å²) in [6.07, 6.45) is 0.846. The average Bonchev–Trinajstić information content (AvgIpc) is 2.39. The first-order valence-electron chi connectivity index (χ1n) is 5.88. The van der Waals surface area contributed by atoms with Gasteiger partial charge >= 0.3 is 0 Å². The zero-order valence-electron chi connectivity index (χ0n) is 11.0. The van der Waals surface area contributed by atoms with Crippen molar-refractivity contribution in [2.45, 2.75) is 32.2 Å². The number of benzene rings is 1. The predicted octanol–water partition coefficient (Wildman–Crippen LogP) is 2.05. The molecule has 0 heterocycles. The summed E-state index contributed by atoms with van der Waals surface area (Å²) < 4.78 is 5.05. The van der Waals surface area contributed by atoms with Gasteiger partial charge in [0.25, 0.3) is 0 Å². The molecule has 0 radical (unpaired) electrons. The minimum Gasteiger partial charge on any atom is -0.497 e. The molecule has 0 fully saturated rings. The average molecular weight is 246 g/mol. The number of hydrogen-bond donors (Lipinski definition) is 1. The smallest absolute Gasteiger partial charge is 0.225 e. The van der Waals surface area contributed by atoms with Gasteiger partial charge < -0.3 is 10.1 Å². The van der Waals surface area contributed by atoms with E-state index in [2.05, 4.69) is 11.4 Å². The normalized spacial score (nSPS) is 13.2. The van der Waals surface area contributed by atoms with Crippen molar-refractivity contribution in [3.05, 3.63) is 29.8 Å². The molecule has 96 valence electrons. The van der Waals surface area contributed by atoms with Crippen molar-refractivity contribution in [1.82, 2.24) is 5.32 Å². The molecule has 1 unspecified atom stereocenters. The van der Waals surface area contributed by atoms with E-state index in [4.69, 9.17) is 10.00 Å². The lowest BCUT2D eigenvalue weighted by atomic mass is 10.0. The third-order valence-corrected chi connectivity index (χ3v) is 2.89. The van der Waals surface area contributed by atoms with E-state index in [1.807, 2.05) is 31.2 Å². The maximum atomic E-state index is 11.8. The SMILES string of the molecule is CCC(C)(C#N)NC(=O)Cc1ccc(OC)cc1. The van der Waals surface area contributed by atoms with E-state index in [1.54, 1.807) is 14.0 Å². The summed E-state index contributed by atoms with van der Waals surface area (Å²) in [7, 11) is 1.60. The Bertz CT molecular complexity index is 448. The lowest BCUT2D eigenvalue weighted by molar-refractivity contribution is -0.121. The Hall–Kier alpha value is -2.02. The van der Waals surface area contributed by atoms with Crippen LogP contribution >= 0.6 is 0 Å². The standard InChI is InChI=1S/C14H18N2O2/c1-4-14(2,10-15)16-13(17)9-11-5-7-12(18-3)8-6-11/h5-8H,4,9H2,1-3H3,(H,16,17). The Balaban J connectivity index is 2.62. The molecule has 4 heteroatoms. The molecule has 1 aromatic rings. The summed E-state index contributed by atoms with van der Waals surface area (Å²) >= 11 is 0. The molecule has 0 saturated carbocycles.